The molecule has 1 heterocycles. The Morgan fingerprint density at radius 2 is 2.00 bits per heavy atom. The molecule has 0 saturated heterocycles. The second-order valence-corrected chi connectivity index (χ2v) is 6.51. The van der Waals surface area contributed by atoms with Crippen LogP contribution >= 0.6 is 11.6 Å². The average molecular weight is 276 g/mol. The standard InChI is InChI=1S/C16H18ClNO/c1-16(2)9-14-11(15(19)10-16)7-8-18(14)13-6-4-3-5-12(13)17/h3-8,15,19H,9-10H2,1-2H3. The highest BCUT2D eigenvalue weighted by molar-refractivity contribution is 6.32. The third-order valence-electron chi connectivity index (χ3n) is 3.89. The zero-order valence-corrected chi connectivity index (χ0v) is 12.0. The van der Waals surface area contributed by atoms with E-state index >= 15 is 0 Å². The first-order chi connectivity index (χ1) is 8.98. The Bertz CT molecular complexity index is 615. The quantitative estimate of drug-likeness (QED) is 0.831. The number of benzene rings is 1. The molecule has 0 amide bonds. The van der Waals surface area contributed by atoms with Gasteiger partial charge in [0.05, 0.1) is 16.8 Å². The lowest BCUT2D eigenvalue weighted by Crippen LogP contribution is -2.26. The molecule has 2 aromatic rings. The minimum absolute atomic E-state index is 0.115. The Morgan fingerprint density at radius 1 is 1.26 bits per heavy atom. The molecular formula is C16H18ClNO. The molecule has 0 saturated carbocycles. The van der Waals surface area contributed by atoms with Gasteiger partial charge >= 0.3 is 0 Å². The number of aromatic nitrogens is 1. The summed E-state index contributed by atoms with van der Waals surface area (Å²) in [4.78, 5) is 0. The van der Waals surface area contributed by atoms with E-state index < -0.39 is 0 Å². The average Bonchev–Trinajstić information content (AvgIpc) is 2.72. The molecule has 2 nitrogen and oxygen atoms in total. The van der Waals surface area contributed by atoms with E-state index in [1.54, 1.807) is 0 Å². The molecule has 1 N–H and O–H groups in total. The van der Waals surface area contributed by atoms with Gasteiger partial charge in [-0.15, -0.1) is 0 Å². The van der Waals surface area contributed by atoms with Crippen LogP contribution in [0.2, 0.25) is 5.02 Å². The van der Waals surface area contributed by atoms with Crippen LogP contribution in [0.25, 0.3) is 5.69 Å². The zero-order valence-electron chi connectivity index (χ0n) is 11.2. The van der Waals surface area contributed by atoms with Crippen molar-refractivity contribution in [1.82, 2.24) is 4.57 Å². The maximum atomic E-state index is 10.3. The molecule has 0 bridgehead atoms. The number of rotatable bonds is 1. The van der Waals surface area contributed by atoms with E-state index in [9.17, 15) is 5.11 Å². The summed E-state index contributed by atoms with van der Waals surface area (Å²) in [5.74, 6) is 0. The smallest absolute Gasteiger partial charge is 0.0812 e. The van der Waals surface area contributed by atoms with Gasteiger partial charge in [-0.05, 0) is 36.5 Å². The first-order valence-electron chi connectivity index (χ1n) is 6.61. The Balaban J connectivity index is 2.14. The highest BCUT2D eigenvalue weighted by atomic mass is 35.5. The molecule has 1 atom stereocenters. The van der Waals surface area contributed by atoms with Crippen LogP contribution in [-0.4, -0.2) is 9.67 Å². The second-order valence-electron chi connectivity index (χ2n) is 6.10. The first-order valence-corrected chi connectivity index (χ1v) is 6.99. The van der Waals surface area contributed by atoms with Crippen molar-refractivity contribution >= 4 is 11.6 Å². The molecule has 19 heavy (non-hydrogen) atoms. The molecule has 0 radical (unpaired) electrons. The summed E-state index contributed by atoms with van der Waals surface area (Å²) in [6, 6.07) is 9.83. The van der Waals surface area contributed by atoms with Crippen molar-refractivity contribution in [3.05, 3.63) is 52.8 Å². The molecule has 100 valence electrons. The zero-order chi connectivity index (χ0) is 13.6. The number of para-hydroxylation sites is 1. The van der Waals surface area contributed by atoms with Crippen LogP contribution in [0.3, 0.4) is 0 Å². The van der Waals surface area contributed by atoms with Crippen LogP contribution in [0.4, 0.5) is 0 Å². The van der Waals surface area contributed by atoms with E-state index in [1.807, 2.05) is 36.5 Å². The predicted octanol–water partition coefficient (Wildman–Crippen LogP) is 4.14. The van der Waals surface area contributed by atoms with Gasteiger partial charge in [0.15, 0.2) is 0 Å². The summed E-state index contributed by atoms with van der Waals surface area (Å²) in [5, 5.41) is 11.0. The van der Waals surface area contributed by atoms with Gasteiger partial charge in [-0.1, -0.05) is 37.6 Å². The van der Waals surface area contributed by atoms with Crippen molar-refractivity contribution in [1.29, 1.82) is 0 Å². The van der Waals surface area contributed by atoms with Gasteiger partial charge in [0, 0.05) is 17.5 Å². The van der Waals surface area contributed by atoms with Crippen LogP contribution in [0, 0.1) is 5.41 Å². The number of halogens is 1. The van der Waals surface area contributed by atoms with Crippen molar-refractivity contribution < 1.29 is 5.11 Å². The van der Waals surface area contributed by atoms with Gasteiger partial charge in [-0.25, -0.2) is 0 Å². The molecule has 0 fully saturated rings. The van der Waals surface area contributed by atoms with Gasteiger partial charge < -0.3 is 9.67 Å². The summed E-state index contributed by atoms with van der Waals surface area (Å²) >= 11 is 6.28. The maximum Gasteiger partial charge on any atom is 0.0812 e. The third-order valence-corrected chi connectivity index (χ3v) is 4.21. The van der Waals surface area contributed by atoms with Crippen LogP contribution in [0.15, 0.2) is 36.5 Å². The van der Waals surface area contributed by atoms with E-state index in [-0.39, 0.29) is 11.5 Å². The van der Waals surface area contributed by atoms with Crippen LogP contribution < -0.4 is 0 Å². The Hall–Kier alpha value is -1.25. The van der Waals surface area contributed by atoms with Gasteiger partial charge in [0.1, 0.15) is 0 Å². The van der Waals surface area contributed by atoms with E-state index in [1.165, 1.54) is 5.69 Å². The minimum Gasteiger partial charge on any atom is -0.388 e. The fourth-order valence-corrected chi connectivity index (χ4v) is 3.23. The Labute approximate surface area is 118 Å². The van der Waals surface area contributed by atoms with Crippen LogP contribution in [0.5, 0.6) is 0 Å². The monoisotopic (exact) mass is 275 g/mol. The minimum atomic E-state index is -0.373. The number of aliphatic hydroxyl groups excluding tert-OH is 1. The Kier molecular flexibility index (Phi) is 2.95. The van der Waals surface area contributed by atoms with E-state index in [4.69, 9.17) is 11.6 Å². The number of nitrogens with zero attached hydrogens (tertiary/aromatic N) is 1. The maximum absolute atomic E-state index is 10.3. The molecule has 0 aliphatic heterocycles. The number of aliphatic hydroxyl groups is 1. The summed E-state index contributed by atoms with van der Waals surface area (Å²) < 4.78 is 2.11. The highest BCUT2D eigenvalue weighted by Gasteiger charge is 2.33. The summed E-state index contributed by atoms with van der Waals surface area (Å²) in [6.45, 7) is 4.40. The topological polar surface area (TPSA) is 25.2 Å². The molecule has 3 heteroatoms. The van der Waals surface area contributed by atoms with Gasteiger partial charge in [-0.3, -0.25) is 0 Å². The largest absolute Gasteiger partial charge is 0.388 e. The summed E-state index contributed by atoms with van der Waals surface area (Å²) in [6.07, 6.45) is 3.41. The molecule has 3 rings (SSSR count). The molecule has 1 aliphatic carbocycles. The van der Waals surface area contributed by atoms with Gasteiger partial charge in [0.25, 0.3) is 0 Å². The normalized spacial score (nSPS) is 21.2. The van der Waals surface area contributed by atoms with Crippen LogP contribution in [-0.2, 0) is 6.42 Å². The fraction of sp³-hybridized carbons (Fsp3) is 0.375. The van der Waals surface area contributed by atoms with Crippen molar-refractivity contribution in [3.8, 4) is 5.69 Å². The van der Waals surface area contributed by atoms with Gasteiger partial charge in [-0.2, -0.15) is 0 Å². The lowest BCUT2D eigenvalue weighted by molar-refractivity contribution is 0.0987. The van der Waals surface area contributed by atoms with E-state index in [2.05, 4.69) is 18.4 Å². The SMILES string of the molecule is CC1(C)Cc2c(ccn2-c2ccccc2Cl)C(O)C1. The lowest BCUT2D eigenvalue weighted by Gasteiger charge is -2.34. The third kappa shape index (κ3) is 2.19. The molecule has 1 aromatic heterocycles. The predicted molar refractivity (Wildman–Crippen MR) is 77.8 cm³/mol. The van der Waals surface area contributed by atoms with Crippen LogP contribution in [0.1, 0.15) is 37.6 Å². The molecule has 1 unspecified atom stereocenters. The molecule has 1 aliphatic rings. The van der Waals surface area contributed by atoms with Crippen molar-refractivity contribution in [2.75, 3.05) is 0 Å². The fourth-order valence-electron chi connectivity index (χ4n) is 3.00. The van der Waals surface area contributed by atoms with Crippen molar-refractivity contribution in [2.45, 2.75) is 32.8 Å². The number of hydrogen-bond donors (Lipinski definition) is 1. The van der Waals surface area contributed by atoms with Crippen molar-refractivity contribution in [2.24, 2.45) is 5.41 Å². The van der Waals surface area contributed by atoms with Crippen molar-refractivity contribution in [3.63, 3.8) is 0 Å². The lowest BCUT2D eigenvalue weighted by atomic mass is 9.75. The number of fused-ring (bicyclic) bond motifs is 1. The molecule has 1 aromatic carbocycles. The second kappa shape index (κ2) is 4.39. The molecule has 0 spiro atoms. The Morgan fingerprint density at radius 3 is 2.74 bits per heavy atom. The molecular weight excluding hydrogens is 258 g/mol. The summed E-state index contributed by atoms with van der Waals surface area (Å²) in [7, 11) is 0. The van der Waals surface area contributed by atoms with E-state index in [0.717, 1.165) is 29.1 Å². The first kappa shape index (κ1) is 12.8. The van der Waals surface area contributed by atoms with Gasteiger partial charge in [0.2, 0.25) is 0 Å². The highest BCUT2D eigenvalue weighted by Crippen LogP contribution is 2.42. The summed E-state index contributed by atoms with van der Waals surface area (Å²) in [5.41, 5.74) is 3.32. The number of hydrogen-bond acceptors (Lipinski definition) is 1. The van der Waals surface area contributed by atoms with E-state index in [0.29, 0.717) is 0 Å².